The van der Waals surface area contributed by atoms with Crippen molar-refractivity contribution in [1.82, 2.24) is 0 Å². The van der Waals surface area contributed by atoms with Gasteiger partial charge in [0.25, 0.3) is 0 Å². The first kappa shape index (κ1) is 9.05. The molecule has 0 aromatic heterocycles. The van der Waals surface area contributed by atoms with E-state index in [4.69, 9.17) is 5.11 Å². The third-order valence-electron chi connectivity index (χ3n) is 2.91. The van der Waals surface area contributed by atoms with Gasteiger partial charge in [-0.15, -0.1) is 0 Å². The van der Waals surface area contributed by atoms with Crippen molar-refractivity contribution in [2.75, 3.05) is 6.61 Å². The van der Waals surface area contributed by atoms with Crippen LogP contribution in [0.5, 0.6) is 0 Å². The quantitative estimate of drug-likeness (QED) is 0.609. The van der Waals surface area contributed by atoms with Crippen LogP contribution in [0.1, 0.15) is 45.4 Å². The molecule has 66 valence electrons. The minimum absolute atomic E-state index is 0.388. The molecule has 0 saturated heterocycles. The van der Waals surface area contributed by atoms with E-state index in [0.29, 0.717) is 6.61 Å². The van der Waals surface area contributed by atoms with Gasteiger partial charge in [-0.1, -0.05) is 39.0 Å². The zero-order valence-corrected chi connectivity index (χ0v) is 7.55. The van der Waals surface area contributed by atoms with E-state index in [1.807, 2.05) is 0 Å². The Labute approximate surface area is 69.8 Å². The summed E-state index contributed by atoms with van der Waals surface area (Å²) in [6.45, 7) is 2.74. The average Bonchev–Trinajstić information content (AvgIpc) is 2.17. The highest BCUT2D eigenvalue weighted by Crippen LogP contribution is 2.28. The zero-order valence-electron chi connectivity index (χ0n) is 7.55. The number of hydrogen-bond acceptors (Lipinski definition) is 1. The van der Waals surface area contributed by atoms with Gasteiger partial charge in [0.05, 0.1) is 0 Å². The summed E-state index contributed by atoms with van der Waals surface area (Å²) in [7, 11) is 0. The lowest BCUT2D eigenvalue weighted by Crippen LogP contribution is -2.01. The molecule has 1 N–H and O–H groups in total. The molecule has 0 heterocycles. The molecule has 0 bridgehead atoms. The van der Waals surface area contributed by atoms with E-state index in [1.54, 1.807) is 0 Å². The topological polar surface area (TPSA) is 20.2 Å². The van der Waals surface area contributed by atoms with Gasteiger partial charge in [0.2, 0.25) is 0 Å². The largest absolute Gasteiger partial charge is 0.396 e. The van der Waals surface area contributed by atoms with Gasteiger partial charge >= 0.3 is 0 Å². The smallest absolute Gasteiger partial charge is 0.0433 e. The van der Waals surface area contributed by atoms with Crippen molar-refractivity contribution in [3.05, 3.63) is 0 Å². The molecule has 0 unspecified atom stereocenters. The van der Waals surface area contributed by atoms with Crippen LogP contribution in [0.4, 0.5) is 0 Å². The Balaban J connectivity index is 2.22. The van der Waals surface area contributed by atoms with Crippen molar-refractivity contribution in [2.24, 2.45) is 11.8 Å². The predicted molar refractivity (Wildman–Crippen MR) is 47.4 cm³/mol. The first-order valence-corrected chi connectivity index (χ1v) is 4.93. The maximum absolute atomic E-state index is 8.78. The number of aliphatic hydroxyl groups excluding tert-OH is 1. The lowest BCUT2D eigenvalue weighted by molar-refractivity contribution is 0.247. The standard InChI is InChI=1S/C10H20O/c1-9-3-2-4-10(6-5-9)7-8-11/h9-11H,2-8H2,1H3/t9-,10+/m0/s1. The maximum atomic E-state index is 8.78. The fraction of sp³-hybridized carbons (Fsp3) is 1.00. The second-order valence-electron chi connectivity index (χ2n) is 3.99. The average molecular weight is 156 g/mol. The third kappa shape index (κ3) is 3.24. The van der Waals surface area contributed by atoms with E-state index >= 15 is 0 Å². The molecule has 0 aliphatic heterocycles. The summed E-state index contributed by atoms with van der Waals surface area (Å²) in [5.41, 5.74) is 0. The number of hydrogen-bond donors (Lipinski definition) is 1. The molecular formula is C10H20O. The molecule has 1 heteroatoms. The monoisotopic (exact) mass is 156 g/mol. The first-order chi connectivity index (χ1) is 5.33. The van der Waals surface area contributed by atoms with Gasteiger partial charge in [0.15, 0.2) is 0 Å². The van der Waals surface area contributed by atoms with Crippen molar-refractivity contribution in [1.29, 1.82) is 0 Å². The van der Waals surface area contributed by atoms with E-state index in [2.05, 4.69) is 6.92 Å². The van der Waals surface area contributed by atoms with Crippen molar-refractivity contribution >= 4 is 0 Å². The summed E-state index contributed by atoms with van der Waals surface area (Å²) in [6.07, 6.45) is 7.90. The SMILES string of the molecule is C[C@H]1CCC[C@@H](CCO)CC1. The second kappa shape index (κ2) is 4.76. The summed E-state index contributed by atoms with van der Waals surface area (Å²) in [4.78, 5) is 0. The van der Waals surface area contributed by atoms with E-state index in [9.17, 15) is 0 Å². The van der Waals surface area contributed by atoms with Gasteiger partial charge in [0, 0.05) is 6.61 Å². The Morgan fingerprint density at radius 2 is 2.00 bits per heavy atom. The lowest BCUT2D eigenvalue weighted by Gasteiger charge is -2.11. The molecule has 1 rings (SSSR count). The molecular weight excluding hydrogens is 136 g/mol. The fourth-order valence-corrected chi connectivity index (χ4v) is 2.04. The van der Waals surface area contributed by atoms with Crippen molar-refractivity contribution in [2.45, 2.75) is 45.4 Å². The summed E-state index contributed by atoms with van der Waals surface area (Å²) in [5.74, 6) is 1.75. The summed E-state index contributed by atoms with van der Waals surface area (Å²) in [6, 6.07) is 0. The Bertz CT molecular complexity index is 101. The number of rotatable bonds is 2. The lowest BCUT2D eigenvalue weighted by atomic mass is 9.96. The van der Waals surface area contributed by atoms with Gasteiger partial charge in [-0.3, -0.25) is 0 Å². The summed E-state index contributed by atoms with van der Waals surface area (Å²) >= 11 is 0. The minimum atomic E-state index is 0.388. The van der Waals surface area contributed by atoms with Crippen molar-refractivity contribution < 1.29 is 5.11 Å². The highest BCUT2D eigenvalue weighted by Gasteiger charge is 2.14. The highest BCUT2D eigenvalue weighted by molar-refractivity contribution is 4.67. The van der Waals surface area contributed by atoms with Crippen LogP contribution in [-0.2, 0) is 0 Å². The van der Waals surface area contributed by atoms with Crippen LogP contribution in [-0.4, -0.2) is 11.7 Å². The van der Waals surface area contributed by atoms with Gasteiger partial charge in [-0.25, -0.2) is 0 Å². The van der Waals surface area contributed by atoms with Gasteiger partial charge < -0.3 is 5.11 Å². The Hall–Kier alpha value is -0.0400. The maximum Gasteiger partial charge on any atom is 0.0433 e. The second-order valence-corrected chi connectivity index (χ2v) is 3.99. The number of aliphatic hydroxyl groups is 1. The highest BCUT2D eigenvalue weighted by atomic mass is 16.3. The molecule has 0 radical (unpaired) electrons. The molecule has 1 aliphatic carbocycles. The summed E-state index contributed by atoms with van der Waals surface area (Å²) < 4.78 is 0. The van der Waals surface area contributed by atoms with E-state index in [0.717, 1.165) is 18.3 Å². The van der Waals surface area contributed by atoms with Gasteiger partial charge in [-0.2, -0.15) is 0 Å². The molecule has 0 spiro atoms. The van der Waals surface area contributed by atoms with E-state index in [-0.39, 0.29) is 0 Å². The van der Waals surface area contributed by atoms with Gasteiger partial charge in [0.1, 0.15) is 0 Å². The molecule has 0 aromatic carbocycles. The zero-order chi connectivity index (χ0) is 8.10. The molecule has 0 amide bonds. The molecule has 1 aliphatic rings. The van der Waals surface area contributed by atoms with E-state index in [1.165, 1.54) is 32.1 Å². The predicted octanol–water partition coefficient (Wildman–Crippen LogP) is 2.59. The normalized spacial score (nSPS) is 33.3. The van der Waals surface area contributed by atoms with Crippen LogP contribution >= 0.6 is 0 Å². The molecule has 1 fully saturated rings. The van der Waals surface area contributed by atoms with Crippen LogP contribution in [0, 0.1) is 11.8 Å². The molecule has 0 aromatic rings. The third-order valence-corrected chi connectivity index (χ3v) is 2.91. The van der Waals surface area contributed by atoms with Crippen molar-refractivity contribution in [3.8, 4) is 0 Å². The van der Waals surface area contributed by atoms with Crippen LogP contribution in [0.25, 0.3) is 0 Å². The van der Waals surface area contributed by atoms with Crippen molar-refractivity contribution in [3.63, 3.8) is 0 Å². The molecule has 1 nitrogen and oxygen atoms in total. The fourth-order valence-electron chi connectivity index (χ4n) is 2.04. The minimum Gasteiger partial charge on any atom is -0.396 e. The van der Waals surface area contributed by atoms with Crippen LogP contribution < -0.4 is 0 Å². The molecule has 2 atom stereocenters. The Kier molecular flexibility index (Phi) is 3.92. The molecule has 1 saturated carbocycles. The Morgan fingerprint density at radius 3 is 2.73 bits per heavy atom. The van der Waals surface area contributed by atoms with Crippen LogP contribution in [0.2, 0.25) is 0 Å². The molecule has 11 heavy (non-hydrogen) atoms. The van der Waals surface area contributed by atoms with E-state index < -0.39 is 0 Å². The summed E-state index contributed by atoms with van der Waals surface area (Å²) in [5, 5.41) is 8.78. The van der Waals surface area contributed by atoms with Gasteiger partial charge in [-0.05, 0) is 18.3 Å². The van der Waals surface area contributed by atoms with Crippen LogP contribution in [0.3, 0.4) is 0 Å². The van der Waals surface area contributed by atoms with Crippen LogP contribution in [0.15, 0.2) is 0 Å². The Morgan fingerprint density at radius 1 is 1.18 bits per heavy atom. The first-order valence-electron chi connectivity index (χ1n) is 4.93.